The van der Waals surface area contributed by atoms with E-state index < -0.39 is 0 Å². The van der Waals surface area contributed by atoms with Gasteiger partial charge in [-0.1, -0.05) is 20.8 Å². The van der Waals surface area contributed by atoms with E-state index in [9.17, 15) is 14.4 Å². The van der Waals surface area contributed by atoms with Crippen molar-refractivity contribution in [1.82, 2.24) is 0 Å². The van der Waals surface area contributed by atoms with Crippen molar-refractivity contribution in [2.45, 2.75) is 20.8 Å². The van der Waals surface area contributed by atoms with E-state index in [0.29, 0.717) is 16.7 Å². The molecule has 0 rings (SSSR count). The Morgan fingerprint density at radius 1 is 0.688 bits per heavy atom. The van der Waals surface area contributed by atoms with E-state index >= 15 is 0 Å². The van der Waals surface area contributed by atoms with Gasteiger partial charge in [0.25, 0.3) is 0 Å². The van der Waals surface area contributed by atoms with Gasteiger partial charge in [0, 0.05) is 0 Å². The van der Waals surface area contributed by atoms with Crippen molar-refractivity contribution in [1.29, 1.82) is 0 Å². The maximum absolute atomic E-state index is 9.28. The first-order valence-electron chi connectivity index (χ1n) is 3.92. The number of allylic oxidation sites excluding steroid dienone is 3. The standard InChI is InChI=1S/3C4H5O.Ti/c3*1-4(2)3-5;/h3*1H2,2H3;/q3*-1;+3. The van der Waals surface area contributed by atoms with Gasteiger partial charge in [0.1, 0.15) is 0 Å². The summed E-state index contributed by atoms with van der Waals surface area (Å²) >= 11 is 0. The zero-order chi connectivity index (χ0) is 12.9. The van der Waals surface area contributed by atoms with Gasteiger partial charge in [0.05, 0.1) is 0 Å². The van der Waals surface area contributed by atoms with Crippen LogP contribution in [0.3, 0.4) is 0 Å². The summed E-state index contributed by atoms with van der Waals surface area (Å²) in [6.07, 6.45) is 4.75. The van der Waals surface area contributed by atoms with Gasteiger partial charge in [0.2, 0.25) is 0 Å². The molecule has 1 radical (unpaired) electrons. The van der Waals surface area contributed by atoms with Crippen LogP contribution in [0.4, 0.5) is 0 Å². The van der Waals surface area contributed by atoms with Gasteiger partial charge in [-0.3, -0.25) is 0 Å². The molecule has 0 aromatic carbocycles. The Morgan fingerprint density at radius 2 is 0.750 bits per heavy atom. The molecule has 4 heteroatoms. The molecule has 16 heavy (non-hydrogen) atoms. The predicted octanol–water partition coefficient (Wildman–Crippen LogP) is 2.01. The molecule has 0 amide bonds. The minimum absolute atomic E-state index is 0. The average molecular weight is 255 g/mol. The Bertz CT molecular complexity index is 212. The van der Waals surface area contributed by atoms with Crippen LogP contribution >= 0.6 is 0 Å². The van der Waals surface area contributed by atoms with Crippen LogP contribution in [-0.4, -0.2) is 18.9 Å². The first-order valence-corrected chi connectivity index (χ1v) is 3.92. The molecule has 0 bridgehead atoms. The minimum Gasteiger partial charge on any atom is -0.419 e. The molecule has 0 unspecified atom stereocenters. The monoisotopic (exact) mass is 255 g/mol. The first-order chi connectivity index (χ1) is 6.81. The zero-order valence-corrected chi connectivity index (χ0v) is 11.4. The van der Waals surface area contributed by atoms with Crippen molar-refractivity contribution in [2.24, 2.45) is 0 Å². The van der Waals surface area contributed by atoms with E-state index in [-0.39, 0.29) is 21.7 Å². The molecule has 0 saturated carbocycles. The molecule has 0 heterocycles. The van der Waals surface area contributed by atoms with Gasteiger partial charge in [-0.2, -0.15) is 16.7 Å². The zero-order valence-electron chi connectivity index (χ0n) is 9.85. The normalized spacial score (nSPS) is 6.19. The van der Waals surface area contributed by atoms with E-state index in [1.54, 1.807) is 39.6 Å². The summed E-state index contributed by atoms with van der Waals surface area (Å²) in [7, 11) is 0. The molecule has 0 fully saturated rings. The van der Waals surface area contributed by atoms with Crippen molar-refractivity contribution in [3.8, 4) is 0 Å². The topological polar surface area (TPSA) is 51.2 Å². The van der Waals surface area contributed by atoms with E-state index in [1.165, 1.54) is 0 Å². The summed E-state index contributed by atoms with van der Waals surface area (Å²) in [5, 5.41) is 0. The number of rotatable bonds is 3. The molecule has 0 saturated heterocycles. The molecule has 0 aromatic rings. The summed E-state index contributed by atoms with van der Waals surface area (Å²) in [4.78, 5) is 27.8. The van der Waals surface area contributed by atoms with Crippen LogP contribution in [0.1, 0.15) is 20.8 Å². The Morgan fingerprint density at radius 3 is 0.750 bits per heavy atom. The van der Waals surface area contributed by atoms with Crippen molar-refractivity contribution in [2.75, 3.05) is 0 Å². The fourth-order valence-electron chi connectivity index (χ4n) is 0. The molecule has 3 nitrogen and oxygen atoms in total. The molecule has 0 aliphatic carbocycles. The van der Waals surface area contributed by atoms with E-state index in [4.69, 9.17) is 0 Å². The minimum atomic E-state index is 0. The van der Waals surface area contributed by atoms with Gasteiger partial charge >= 0.3 is 21.7 Å². The van der Waals surface area contributed by atoms with Crippen LogP contribution < -0.4 is 0 Å². The van der Waals surface area contributed by atoms with Crippen LogP contribution in [0.5, 0.6) is 0 Å². The summed E-state index contributed by atoms with van der Waals surface area (Å²) in [6, 6.07) is 0. The number of carbonyl (C=O) groups excluding carboxylic acids is 3. The molecule has 0 aliphatic heterocycles. The quantitative estimate of drug-likeness (QED) is 0.440. The van der Waals surface area contributed by atoms with Crippen molar-refractivity contribution in [3.05, 3.63) is 36.5 Å². The average Bonchev–Trinajstić information content (AvgIpc) is 2.19. The van der Waals surface area contributed by atoms with Gasteiger partial charge in [0.15, 0.2) is 0 Å². The largest absolute Gasteiger partial charge is 3.00 e. The molecule has 0 N–H and O–H groups in total. The summed E-state index contributed by atoms with van der Waals surface area (Å²) < 4.78 is 0. The fourth-order valence-corrected chi connectivity index (χ4v) is 0. The summed E-state index contributed by atoms with van der Waals surface area (Å²) in [5.74, 6) is 0. The second kappa shape index (κ2) is 19.5. The predicted molar refractivity (Wildman–Crippen MR) is 61.5 cm³/mol. The van der Waals surface area contributed by atoms with E-state index in [0.717, 1.165) is 0 Å². The van der Waals surface area contributed by atoms with Gasteiger partial charge in [-0.25, -0.2) is 19.7 Å². The molecular formula is C12H15O3Ti. The van der Waals surface area contributed by atoms with Gasteiger partial charge in [-0.15, -0.1) is 0 Å². The second-order valence-electron chi connectivity index (χ2n) is 2.65. The number of hydrogen-bond acceptors (Lipinski definition) is 3. The third kappa shape index (κ3) is 75.5. The maximum atomic E-state index is 9.28. The van der Waals surface area contributed by atoms with Crippen LogP contribution in [0.15, 0.2) is 36.5 Å². The third-order valence-electron chi connectivity index (χ3n) is 0.523. The Labute approximate surface area is 112 Å². The SMILES string of the molecule is C=C(C)[C-]=O.C=C(C)[C-]=O.C=C(C)[C-]=O.[Ti+3]. The fraction of sp³-hybridized carbons (Fsp3) is 0.250. The second-order valence-corrected chi connectivity index (χ2v) is 2.65. The molecular weight excluding hydrogens is 240 g/mol. The Kier molecular flexibility index (Phi) is 29.6. The Hall–Kier alpha value is -1.06. The van der Waals surface area contributed by atoms with Crippen LogP contribution in [0, 0.1) is 0 Å². The maximum Gasteiger partial charge on any atom is 3.00 e. The van der Waals surface area contributed by atoms with Crippen LogP contribution in [-0.2, 0) is 36.1 Å². The van der Waals surface area contributed by atoms with E-state index in [2.05, 4.69) is 19.7 Å². The molecule has 85 valence electrons. The van der Waals surface area contributed by atoms with Crippen molar-refractivity contribution < 1.29 is 36.1 Å². The molecule has 0 spiro atoms. The van der Waals surface area contributed by atoms with Crippen LogP contribution in [0.25, 0.3) is 0 Å². The van der Waals surface area contributed by atoms with Crippen molar-refractivity contribution >= 4 is 18.9 Å². The third-order valence-corrected chi connectivity index (χ3v) is 0.523. The molecule has 0 atom stereocenters. The van der Waals surface area contributed by atoms with Crippen molar-refractivity contribution in [3.63, 3.8) is 0 Å². The summed E-state index contributed by atoms with van der Waals surface area (Å²) in [5.41, 5.74) is 1.35. The molecule has 0 aromatic heterocycles. The molecule has 0 aliphatic rings. The number of hydrogen-bond donors (Lipinski definition) is 0. The van der Waals surface area contributed by atoms with Crippen LogP contribution in [0.2, 0.25) is 0 Å². The van der Waals surface area contributed by atoms with Gasteiger partial charge < -0.3 is 14.4 Å². The van der Waals surface area contributed by atoms with Gasteiger partial charge in [-0.05, 0) is 18.9 Å². The van der Waals surface area contributed by atoms with E-state index in [1.807, 2.05) is 0 Å². The summed E-state index contributed by atoms with van der Waals surface area (Å²) in [6.45, 7) is 14.6. The first kappa shape index (κ1) is 24.3. The Balaban J connectivity index is -0.0000000655. The smallest absolute Gasteiger partial charge is 0.419 e.